The normalized spacial score (nSPS) is 10.7. The number of aromatic nitrogens is 2. The number of nitrogens with zero attached hydrogens (tertiary/aromatic N) is 2. The van der Waals surface area contributed by atoms with Gasteiger partial charge in [0.25, 0.3) is 5.91 Å². The summed E-state index contributed by atoms with van der Waals surface area (Å²) in [6.45, 7) is 4.82. The number of rotatable bonds is 3. The molecule has 0 saturated heterocycles. The zero-order valence-electron chi connectivity index (χ0n) is 14.6. The number of amides is 1. The van der Waals surface area contributed by atoms with Crippen LogP contribution in [-0.2, 0) is 6.54 Å². The Balaban J connectivity index is 1.64. The largest absolute Gasteiger partial charge is 0.331 e. The van der Waals surface area contributed by atoms with Crippen molar-refractivity contribution in [2.75, 3.05) is 5.32 Å². The highest BCUT2D eigenvalue weighted by Crippen LogP contribution is 2.24. The number of fused-ring (bicyclic) bond motifs is 1. The fraction of sp³-hybridized carbons (Fsp3) is 0.167. The quantitative estimate of drug-likeness (QED) is 0.434. The lowest BCUT2D eigenvalue weighted by Crippen LogP contribution is -2.43. The topological polar surface area (TPSA) is 71.0 Å². The summed E-state index contributed by atoms with van der Waals surface area (Å²) in [5.41, 5.74) is 8.12. The van der Waals surface area contributed by atoms with Gasteiger partial charge >= 0.3 is 0 Å². The lowest BCUT2D eigenvalue weighted by atomic mass is 10.2. The predicted molar refractivity (Wildman–Crippen MR) is 113 cm³/mol. The highest BCUT2D eigenvalue weighted by molar-refractivity contribution is 7.80. The Morgan fingerprint density at radius 2 is 1.93 bits per heavy atom. The van der Waals surface area contributed by atoms with Gasteiger partial charge in [0.1, 0.15) is 5.82 Å². The van der Waals surface area contributed by atoms with Crippen LogP contribution in [-0.4, -0.2) is 20.6 Å². The summed E-state index contributed by atoms with van der Waals surface area (Å²) in [4.78, 5) is 16.9. The third kappa shape index (κ3) is 4.32. The molecule has 3 N–H and O–H groups in total. The Morgan fingerprint density at radius 3 is 2.63 bits per heavy atom. The second-order valence-electron chi connectivity index (χ2n) is 5.77. The standard InChI is InChI=1S/C18H17Cl2N5OS/c1-3-25-10(2)21-15-8-11(4-7-16(15)25)17(26)23-24-18(27)22-12-5-6-13(19)14(20)9-12/h4-9H,3H2,1-2H3,(H,23,26)(H2,22,24,27). The summed E-state index contributed by atoms with van der Waals surface area (Å²) in [5.74, 6) is 0.592. The average Bonchev–Trinajstić information content (AvgIpc) is 2.96. The summed E-state index contributed by atoms with van der Waals surface area (Å²) in [5, 5.41) is 3.98. The molecule has 1 amide bonds. The molecule has 140 valence electrons. The molecule has 2 aromatic carbocycles. The number of thiocarbonyl (C=S) groups is 1. The first-order valence-electron chi connectivity index (χ1n) is 8.18. The van der Waals surface area contributed by atoms with Gasteiger partial charge < -0.3 is 9.88 Å². The fourth-order valence-corrected chi connectivity index (χ4v) is 3.18. The van der Waals surface area contributed by atoms with E-state index in [1.807, 2.05) is 13.0 Å². The van der Waals surface area contributed by atoms with Gasteiger partial charge in [0, 0.05) is 17.8 Å². The fourth-order valence-electron chi connectivity index (χ4n) is 2.71. The third-order valence-corrected chi connectivity index (χ3v) is 4.93. The number of nitrogens with one attached hydrogen (secondary N) is 3. The molecule has 0 aliphatic rings. The van der Waals surface area contributed by atoms with Crippen LogP contribution in [0.1, 0.15) is 23.1 Å². The van der Waals surface area contributed by atoms with E-state index in [0.29, 0.717) is 21.3 Å². The number of hydrogen-bond acceptors (Lipinski definition) is 3. The minimum absolute atomic E-state index is 0.217. The lowest BCUT2D eigenvalue weighted by Gasteiger charge is -2.12. The van der Waals surface area contributed by atoms with Gasteiger partial charge in [-0.3, -0.25) is 15.6 Å². The molecule has 0 bridgehead atoms. The molecule has 1 aromatic heterocycles. The maximum Gasteiger partial charge on any atom is 0.269 e. The molecule has 0 radical (unpaired) electrons. The number of aryl methyl sites for hydroxylation is 2. The lowest BCUT2D eigenvalue weighted by molar-refractivity contribution is 0.0944. The number of hydrogen-bond donors (Lipinski definition) is 3. The number of carbonyl (C=O) groups excluding carboxylic acids is 1. The van der Waals surface area contributed by atoms with Crippen molar-refractivity contribution >= 4 is 63.2 Å². The second kappa shape index (κ2) is 8.12. The zero-order chi connectivity index (χ0) is 19.6. The summed E-state index contributed by atoms with van der Waals surface area (Å²) < 4.78 is 2.09. The van der Waals surface area contributed by atoms with Crippen molar-refractivity contribution in [1.82, 2.24) is 20.4 Å². The Morgan fingerprint density at radius 1 is 1.15 bits per heavy atom. The van der Waals surface area contributed by atoms with Crippen LogP contribution in [0.5, 0.6) is 0 Å². The van der Waals surface area contributed by atoms with Crippen molar-refractivity contribution in [1.29, 1.82) is 0 Å². The summed E-state index contributed by atoms with van der Waals surface area (Å²) in [6, 6.07) is 10.4. The molecule has 0 fully saturated rings. The molecule has 0 aliphatic heterocycles. The van der Waals surface area contributed by atoms with Gasteiger partial charge in [0.15, 0.2) is 5.11 Å². The van der Waals surface area contributed by atoms with Crippen molar-refractivity contribution in [3.63, 3.8) is 0 Å². The first kappa shape index (κ1) is 19.4. The number of anilines is 1. The highest BCUT2D eigenvalue weighted by atomic mass is 35.5. The summed E-state index contributed by atoms with van der Waals surface area (Å²) in [7, 11) is 0. The van der Waals surface area contributed by atoms with Gasteiger partial charge in [0.05, 0.1) is 21.1 Å². The molecule has 0 saturated carbocycles. The highest BCUT2D eigenvalue weighted by Gasteiger charge is 2.11. The molecule has 9 heteroatoms. The van der Waals surface area contributed by atoms with E-state index >= 15 is 0 Å². The van der Waals surface area contributed by atoms with Crippen LogP contribution in [0.15, 0.2) is 36.4 Å². The van der Waals surface area contributed by atoms with Crippen molar-refractivity contribution in [2.24, 2.45) is 0 Å². The van der Waals surface area contributed by atoms with E-state index < -0.39 is 0 Å². The van der Waals surface area contributed by atoms with Gasteiger partial charge in [-0.1, -0.05) is 23.2 Å². The first-order valence-corrected chi connectivity index (χ1v) is 9.34. The number of halogens is 2. The van der Waals surface area contributed by atoms with Gasteiger partial charge in [-0.15, -0.1) is 0 Å². The Hall–Kier alpha value is -2.35. The average molecular weight is 422 g/mol. The van der Waals surface area contributed by atoms with Crippen molar-refractivity contribution in [2.45, 2.75) is 20.4 Å². The van der Waals surface area contributed by atoms with Crippen LogP contribution >= 0.6 is 35.4 Å². The van der Waals surface area contributed by atoms with Gasteiger partial charge in [-0.05, 0) is 62.5 Å². The van der Waals surface area contributed by atoms with E-state index in [2.05, 4.69) is 32.6 Å². The molecule has 0 unspecified atom stereocenters. The predicted octanol–water partition coefficient (Wildman–Crippen LogP) is 4.30. The molecule has 6 nitrogen and oxygen atoms in total. The number of benzene rings is 2. The molecule has 0 atom stereocenters. The molecular weight excluding hydrogens is 405 g/mol. The zero-order valence-corrected chi connectivity index (χ0v) is 17.0. The van der Waals surface area contributed by atoms with E-state index in [9.17, 15) is 4.79 Å². The van der Waals surface area contributed by atoms with Crippen LogP contribution in [0.3, 0.4) is 0 Å². The van der Waals surface area contributed by atoms with Crippen LogP contribution < -0.4 is 16.2 Å². The molecule has 27 heavy (non-hydrogen) atoms. The van der Waals surface area contributed by atoms with Crippen LogP contribution in [0.2, 0.25) is 10.0 Å². The van der Waals surface area contributed by atoms with Crippen molar-refractivity contribution < 1.29 is 4.79 Å². The van der Waals surface area contributed by atoms with Gasteiger partial charge in [-0.2, -0.15) is 0 Å². The smallest absolute Gasteiger partial charge is 0.269 e. The summed E-state index contributed by atoms with van der Waals surface area (Å²) in [6.07, 6.45) is 0. The summed E-state index contributed by atoms with van der Waals surface area (Å²) >= 11 is 17.0. The van der Waals surface area contributed by atoms with E-state index in [4.69, 9.17) is 35.4 Å². The molecule has 3 aromatic rings. The van der Waals surface area contributed by atoms with Crippen molar-refractivity contribution in [3.8, 4) is 0 Å². The minimum atomic E-state index is -0.320. The molecule has 3 rings (SSSR count). The maximum atomic E-state index is 12.4. The number of hydrazine groups is 1. The third-order valence-electron chi connectivity index (χ3n) is 3.98. The molecule has 0 aliphatic carbocycles. The van der Waals surface area contributed by atoms with Gasteiger partial charge in [0.2, 0.25) is 0 Å². The maximum absolute atomic E-state index is 12.4. The van der Waals surface area contributed by atoms with E-state index in [0.717, 1.165) is 23.4 Å². The monoisotopic (exact) mass is 421 g/mol. The van der Waals surface area contributed by atoms with E-state index in [1.54, 1.807) is 30.3 Å². The molecule has 1 heterocycles. The first-order chi connectivity index (χ1) is 12.9. The van der Waals surface area contributed by atoms with Crippen LogP contribution in [0.25, 0.3) is 11.0 Å². The minimum Gasteiger partial charge on any atom is -0.331 e. The van der Waals surface area contributed by atoms with Crippen LogP contribution in [0.4, 0.5) is 5.69 Å². The Kier molecular flexibility index (Phi) is 5.84. The number of imidazole rings is 1. The Labute approximate surface area is 171 Å². The van der Waals surface area contributed by atoms with Crippen LogP contribution in [0, 0.1) is 6.92 Å². The Bertz CT molecular complexity index is 1030. The number of carbonyl (C=O) groups is 1. The SMILES string of the molecule is CCn1c(C)nc2cc(C(=O)NNC(=S)Nc3ccc(Cl)c(Cl)c3)ccc21. The van der Waals surface area contributed by atoms with E-state index in [-0.39, 0.29) is 11.0 Å². The van der Waals surface area contributed by atoms with Gasteiger partial charge in [-0.25, -0.2) is 4.98 Å². The molecule has 0 spiro atoms. The molecular formula is C18H17Cl2N5OS. The van der Waals surface area contributed by atoms with E-state index in [1.165, 1.54) is 0 Å². The second-order valence-corrected chi connectivity index (χ2v) is 6.99. The van der Waals surface area contributed by atoms with Crippen molar-refractivity contribution in [3.05, 3.63) is 57.8 Å².